The Kier molecular flexibility index (Phi) is 5.87. The van der Waals surface area contributed by atoms with E-state index in [1.807, 2.05) is 18.2 Å². The van der Waals surface area contributed by atoms with Gasteiger partial charge in [-0.3, -0.25) is 0 Å². The molecule has 0 aliphatic heterocycles. The third-order valence-corrected chi connectivity index (χ3v) is 5.94. The predicted octanol–water partition coefficient (Wildman–Crippen LogP) is 6.63. The van der Waals surface area contributed by atoms with Crippen LogP contribution in [0.5, 0.6) is 11.5 Å². The van der Waals surface area contributed by atoms with Crippen LogP contribution in [0.1, 0.15) is 33.4 Å². The van der Waals surface area contributed by atoms with E-state index < -0.39 is 8.38 Å². The van der Waals surface area contributed by atoms with Gasteiger partial charge in [0.2, 0.25) is 0 Å². The van der Waals surface area contributed by atoms with Gasteiger partial charge in [0.1, 0.15) is 11.5 Å². The third kappa shape index (κ3) is 4.51. The molecule has 0 N–H and O–H groups in total. The molecule has 0 saturated heterocycles. The molecule has 0 spiro atoms. The summed E-state index contributed by atoms with van der Waals surface area (Å²) in [6, 6.07) is 18.8. The molecule has 0 amide bonds. The van der Waals surface area contributed by atoms with Gasteiger partial charge in [-0.15, -0.1) is 0 Å². The van der Waals surface area contributed by atoms with Gasteiger partial charge in [-0.25, -0.2) is 0 Å². The highest BCUT2D eigenvalue weighted by molar-refractivity contribution is 7.56. The second-order valence-corrected chi connectivity index (χ2v) is 8.63. The molecule has 27 heavy (non-hydrogen) atoms. The average Bonchev–Trinajstić information content (AvgIpc) is 2.59. The first kappa shape index (κ1) is 19.5. The molecule has 0 radical (unpaired) electrons. The Morgan fingerprint density at radius 2 is 0.926 bits per heavy atom. The number of rotatable bonds is 5. The van der Waals surface area contributed by atoms with Crippen LogP contribution in [0, 0.1) is 41.5 Å². The van der Waals surface area contributed by atoms with Crippen LogP contribution in [-0.2, 0) is 0 Å². The summed E-state index contributed by atoms with van der Waals surface area (Å²) < 4.78 is 13.0. The Labute approximate surface area is 164 Å². The maximum absolute atomic E-state index is 6.50. The smallest absolute Gasteiger partial charge is 0.326 e. The van der Waals surface area contributed by atoms with Crippen molar-refractivity contribution < 1.29 is 9.05 Å². The monoisotopic (exact) mass is 378 g/mol. The Morgan fingerprint density at radius 3 is 1.30 bits per heavy atom. The van der Waals surface area contributed by atoms with Crippen molar-refractivity contribution in [2.45, 2.75) is 41.5 Å². The van der Waals surface area contributed by atoms with Crippen LogP contribution < -0.4 is 14.4 Å². The minimum atomic E-state index is -1.29. The van der Waals surface area contributed by atoms with Crippen LogP contribution in [-0.4, -0.2) is 0 Å². The van der Waals surface area contributed by atoms with Gasteiger partial charge in [-0.1, -0.05) is 53.6 Å². The van der Waals surface area contributed by atoms with E-state index in [0.717, 1.165) is 39.1 Å². The van der Waals surface area contributed by atoms with Gasteiger partial charge in [0.15, 0.2) is 0 Å². The zero-order valence-corrected chi connectivity index (χ0v) is 17.9. The van der Waals surface area contributed by atoms with Crippen LogP contribution in [0.4, 0.5) is 0 Å². The normalized spacial score (nSPS) is 10.9. The molecule has 0 bridgehead atoms. The summed E-state index contributed by atoms with van der Waals surface area (Å²) in [5.74, 6) is 1.83. The molecular weight excluding hydrogens is 351 g/mol. The molecular formula is C24H27O2P. The quantitative estimate of drug-likeness (QED) is 0.464. The van der Waals surface area contributed by atoms with Gasteiger partial charge in [0.25, 0.3) is 0 Å². The highest BCUT2D eigenvalue weighted by atomic mass is 31.2. The minimum Gasteiger partial charge on any atom is -0.435 e. The van der Waals surface area contributed by atoms with Crippen LogP contribution in [0.25, 0.3) is 0 Å². The highest BCUT2D eigenvalue weighted by Crippen LogP contribution is 2.44. The van der Waals surface area contributed by atoms with Crippen LogP contribution in [0.15, 0.2) is 54.6 Å². The van der Waals surface area contributed by atoms with Gasteiger partial charge >= 0.3 is 8.38 Å². The van der Waals surface area contributed by atoms with Crippen molar-refractivity contribution in [1.82, 2.24) is 0 Å². The van der Waals surface area contributed by atoms with Crippen molar-refractivity contribution >= 4 is 13.7 Å². The van der Waals surface area contributed by atoms with E-state index >= 15 is 0 Å². The molecule has 0 atom stereocenters. The average molecular weight is 378 g/mol. The van der Waals surface area contributed by atoms with Crippen molar-refractivity contribution in [3.8, 4) is 11.5 Å². The van der Waals surface area contributed by atoms with E-state index in [0.29, 0.717) is 0 Å². The van der Waals surface area contributed by atoms with E-state index in [4.69, 9.17) is 9.05 Å². The topological polar surface area (TPSA) is 18.5 Å². The van der Waals surface area contributed by atoms with E-state index in [2.05, 4.69) is 77.9 Å². The largest absolute Gasteiger partial charge is 0.435 e. The lowest BCUT2D eigenvalue weighted by molar-refractivity contribution is 0.493. The number of hydrogen-bond donors (Lipinski definition) is 0. The highest BCUT2D eigenvalue weighted by Gasteiger charge is 2.22. The number of hydrogen-bond acceptors (Lipinski definition) is 2. The van der Waals surface area contributed by atoms with Crippen LogP contribution in [0.3, 0.4) is 0 Å². The molecule has 0 saturated carbocycles. The van der Waals surface area contributed by atoms with E-state index in [9.17, 15) is 0 Å². The minimum absolute atomic E-state index is 0.915. The summed E-state index contributed by atoms with van der Waals surface area (Å²) >= 11 is 0. The molecule has 0 fully saturated rings. The standard InChI is InChI=1S/C24H27O2P/c1-16-12-18(3)23(19(4)13-16)25-27(22-10-8-7-9-11-22)26-24-20(5)14-17(2)15-21(24)6/h7-15H,1-6H3. The number of aryl methyl sites for hydroxylation is 6. The van der Waals surface area contributed by atoms with E-state index in [1.165, 1.54) is 11.1 Å². The molecule has 3 heteroatoms. The maximum Gasteiger partial charge on any atom is 0.326 e. The van der Waals surface area contributed by atoms with Crippen LogP contribution in [0.2, 0.25) is 0 Å². The molecule has 3 aromatic carbocycles. The van der Waals surface area contributed by atoms with E-state index in [-0.39, 0.29) is 0 Å². The Bertz CT molecular complexity index is 842. The summed E-state index contributed by atoms with van der Waals surface area (Å²) in [6.45, 7) is 12.6. The van der Waals surface area contributed by atoms with Gasteiger partial charge in [-0.2, -0.15) is 0 Å². The molecule has 2 nitrogen and oxygen atoms in total. The number of benzene rings is 3. The fraction of sp³-hybridized carbons (Fsp3) is 0.250. The summed E-state index contributed by atoms with van der Waals surface area (Å²) in [4.78, 5) is 0. The third-order valence-electron chi connectivity index (χ3n) is 4.52. The lowest BCUT2D eigenvalue weighted by Crippen LogP contribution is -2.11. The molecule has 3 rings (SSSR count). The first-order valence-corrected chi connectivity index (χ1v) is 10.4. The summed E-state index contributed by atoms with van der Waals surface area (Å²) in [6.07, 6.45) is 0. The summed E-state index contributed by atoms with van der Waals surface area (Å²) in [5.41, 5.74) is 7.03. The van der Waals surface area contributed by atoms with Gasteiger partial charge < -0.3 is 9.05 Å². The Morgan fingerprint density at radius 1 is 0.556 bits per heavy atom. The molecule has 0 unspecified atom stereocenters. The first-order chi connectivity index (χ1) is 12.8. The SMILES string of the molecule is Cc1cc(C)c(OP(Oc2c(C)cc(C)cc2C)c2ccccc2)c(C)c1. The molecule has 3 aromatic rings. The van der Waals surface area contributed by atoms with Gasteiger partial charge in [0, 0.05) is 0 Å². The second kappa shape index (κ2) is 8.15. The van der Waals surface area contributed by atoms with Crippen molar-refractivity contribution in [2.24, 2.45) is 0 Å². The van der Waals surface area contributed by atoms with Crippen molar-refractivity contribution in [1.29, 1.82) is 0 Å². The maximum atomic E-state index is 6.50. The van der Waals surface area contributed by atoms with Crippen LogP contribution >= 0.6 is 8.38 Å². The fourth-order valence-electron chi connectivity index (χ4n) is 3.46. The summed E-state index contributed by atoms with van der Waals surface area (Å²) in [5, 5.41) is 1.06. The van der Waals surface area contributed by atoms with Gasteiger partial charge in [-0.05, 0) is 75.9 Å². The predicted molar refractivity (Wildman–Crippen MR) is 116 cm³/mol. The Balaban J connectivity index is 2.01. The molecule has 0 aromatic heterocycles. The first-order valence-electron chi connectivity index (χ1n) is 9.22. The summed E-state index contributed by atoms with van der Waals surface area (Å²) in [7, 11) is -1.29. The zero-order chi connectivity index (χ0) is 19.6. The molecule has 0 heterocycles. The lowest BCUT2D eigenvalue weighted by atomic mass is 10.1. The fourth-order valence-corrected chi connectivity index (χ4v) is 5.03. The second-order valence-electron chi connectivity index (χ2n) is 7.23. The van der Waals surface area contributed by atoms with Crippen molar-refractivity contribution in [3.05, 3.63) is 88.0 Å². The van der Waals surface area contributed by atoms with Crippen molar-refractivity contribution in [3.63, 3.8) is 0 Å². The van der Waals surface area contributed by atoms with Crippen molar-refractivity contribution in [2.75, 3.05) is 0 Å². The molecule has 140 valence electrons. The van der Waals surface area contributed by atoms with E-state index in [1.54, 1.807) is 0 Å². The molecule has 0 aliphatic carbocycles. The zero-order valence-electron chi connectivity index (χ0n) is 17.0. The van der Waals surface area contributed by atoms with Gasteiger partial charge in [0.05, 0.1) is 5.30 Å². The lowest BCUT2D eigenvalue weighted by Gasteiger charge is -2.23. The Hall–Kier alpha value is -2.31. The molecule has 0 aliphatic rings.